The van der Waals surface area contributed by atoms with Crippen LogP contribution in [0, 0.1) is 0 Å². The van der Waals surface area contributed by atoms with Crippen molar-refractivity contribution in [3.63, 3.8) is 0 Å². The van der Waals surface area contributed by atoms with Gasteiger partial charge in [-0.15, -0.1) is 6.58 Å². The van der Waals surface area contributed by atoms with E-state index in [4.69, 9.17) is 14.9 Å². The van der Waals surface area contributed by atoms with Crippen molar-refractivity contribution in [2.75, 3.05) is 13.2 Å². The lowest BCUT2D eigenvalue weighted by Crippen LogP contribution is -2.55. The second kappa shape index (κ2) is 7.70. The molecule has 0 radical (unpaired) electrons. The van der Waals surface area contributed by atoms with Crippen LogP contribution in [-0.2, 0) is 14.3 Å². The van der Waals surface area contributed by atoms with Gasteiger partial charge in [0.1, 0.15) is 12.7 Å². The Morgan fingerprint density at radius 3 is 2.67 bits per heavy atom. The zero-order valence-corrected chi connectivity index (χ0v) is 12.1. The molecule has 21 heavy (non-hydrogen) atoms. The van der Waals surface area contributed by atoms with Gasteiger partial charge in [-0.1, -0.05) is 6.08 Å². The average Bonchev–Trinajstić information content (AvgIpc) is 2.80. The van der Waals surface area contributed by atoms with Crippen molar-refractivity contribution in [1.29, 1.82) is 0 Å². The molecular formula is C14H21N2O5+. The largest absolute Gasteiger partial charge is 0.481 e. The topological polar surface area (TPSA) is 96.2 Å². The van der Waals surface area contributed by atoms with Crippen molar-refractivity contribution in [3.8, 4) is 0 Å². The summed E-state index contributed by atoms with van der Waals surface area (Å²) in [6, 6.07) is 0. The van der Waals surface area contributed by atoms with Crippen LogP contribution in [-0.4, -0.2) is 51.8 Å². The fraction of sp³-hybridized carbons (Fsp3) is 0.500. The maximum absolute atomic E-state index is 10.9. The summed E-state index contributed by atoms with van der Waals surface area (Å²) in [5.74, 6) is -1.09. The third kappa shape index (κ3) is 4.51. The van der Waals surface area contributed by atoms with E-state index in [1.165, 1.54) is 0 Å². The first-order valence-corrected chi connectivity index (χ1v) is 6.71. The fourth-order valence-electron chi connectivity index (χ4n) is 2.23. The van der Waals surface area contributed by atoms with Crippen molar-refractivity contribution in [1.82, 2.24) is 0 Å². The van der Waals surface area contributed by atoms with Crippen molar-refractivity contribution in [3.05, 3.63) is 25.1 Å². The van der Waals surface area contributed by atoms with E-state index in [2.05, 4.69) is 11.6 Å². The molecule has 0 aromatic heterocycles. The van der Waals surface area contributed by atoms with Gasteiger partial charge in [0.15, 0.2) is 6.23 Å². The van der Waals surface area contributed by atoms with Crippen LogP contribution in [0.15, 0.2) is 30.0 Å². The summed E-state index contributed by atoms with van der Waals surface area (Å²) in [5.41, 5.74) is 0. The van der Waals surface area contributed by atoms with Gasteiger partial charge in [-0.3, -0.25) is 9.59 Å². The van der Waals surface area contributed by atoms with E-state index in [9.17, 15) is 9.59 Å². The van der Waals surface area contributed by atoms with Crippen LogP contribution in [0.2, 0.25) is 0 Å². The van der Waals surface area contributed by atoms with Crippen LogP contribution in [0.5, 0.6) is 0 Å². The minimum Gasteiger partial charge on any atom is -0.481 e. The molecule has 2 atom stereocenters. The number of amidine groups is 1. The van der Waals surface area contributed by atoms with Crippen molar-refractivity contribution < 1.29 is 29.0 Å². The molecule has 7 heteroatoms. The van der Waals surface area contributed by atoms with Gasteiger partial charge in [-0.05, 0) is 0 Å². The molecular weight excluding hydrogens is 276 g/mol. The van der Waals surface area contributed by atoms with Crippen LogP contribution in [0.25, 0.3) is 0 Å². The van der Waals surface area contributed by atoms with E-state index in [0.717, 1.165) is 5.84 Å². The molecule has 0 bridgehead atoms. The minimum atomic E-state index is -0.934. The number of carbonyl (C=O) groups is 2. The first kappa shape index (κ1) is 17.1. The predicted octanol–water partition coefficient (Wildman–Crippen LogP) is 1.57. The Hall–Kier alpha value is -1.99. The number of quaternary nitrogens is 1. The molecule has 0 aliphatic carbocycles. The molecule has 1 heterocycles. The maximum Gasteiger partial charge on any atom is 0.309 e. The zero-order valence-electron chi connectivity index (χ0n) is 12.1. The lowest BCUT2D eigenvalue weighted by Gasteiger charge is -2.36. The molecule has 0 saturated carbocycles. The standard InChI is InChI=1S/C14H20N2O5/c1-3-4-12-15-7-9-16(12,8-5-13(17)18)11(2)21-10-6-14(19)20/h3,7,9,11H,1,4-6,8,10H2,2H3,(H-,17,18,19,20)/p+1. The number of rotatable bonds is 10. The summed E-state index contributed by atoms with van der Waals surface area (Å²) in [5, 5.41) is 17.6. The zero-order chi connectivity index (χ0) is 15.9. The second-order valence-corrected chi connectivity index (χ2v) is 4.75. The molecule has 7 nitrogen and oxygen atoms in total. The summed E-state index contributed by atoms with van der Waals surface area (Å²) in [4.78, 5) is 25.7. The highest BCUT2D eigenvalue weighted by Crippen LogP contribution is 2.25. The number of ether oxygens (including phenoxy) is 1. The first-order valence-electron chi connectivity index (χ1n) is 6.71. The Labute approximate surface area is 123 Å². The van der Waals surface area contributed by atoms with E-state index in [-0.39, 0.29) is 23.9 Å². The number of nitrogens with zero attached hydrogens (tertiary/aromatic N) is 2. The average molecular weight is 297 g/mol. The lowest BCUT2D eigenvalue weighted by atomic mass is 10.2. The predicted molar refractivity (Wildman–Crippen MR) is 76.4 cm³/mol. The highest BCUT2D eigenvalue weighted by molar-refractivity contribution is 5.80. The molecule has 1 aliphatic rings. The fourth-order valence-corrected chi connectivity index (χ4v) is 2.23. The van der Waals surface area contributed by atoms with E-state index >= 15 is 0 Å². The smallest absolute Gasteiger partial charge is 0.309 e. The molecule has 116 valence electrons. The first-order chi connectivity index (χ1) is 9.92. The van der Waals surface area contributed by atoms with Gasteiger partial charge in [0.25, 0.3) is 0 Å². The minimum absolute atomic E-state index is 0.0346. The Bertz CT molecular complexity index is 472. The Morgan fingerprint density at radius 1 is 1.43 bits per heavy atom. The number of carboxylic acid groups (broad SMARTS) is 2. The number of carboxylic acids is 2. The van der Waals surface area contributed by atoms with E-state index in [1.807, 2.05) is 0 Å². The molecule has 0 aromatic rings. The van der Waals surface area contributed by atoms with Crippen molar-refractivity contribution in [2.24, 2.45) is 4.99 Å². The summed E-state index contributed by atoms with van der Waals surface area (Å²) < 4.78 is 5.75. The van der Waals surface area contributed by atoms with Gasteiger partial charge in [-0.2, -0.15) is 0 Å². The molecule has 0 amide bonds. The third-order valence-corrected chi connectivity index (χ3v) is 3.38. The number of aliphatic carboxylic acids is 2. The van der Waals surface area contributed by atoms with Crippen LogP contribution in [0.3, 0.4) is 0 Å². The maximum atomic E-state index is 10.9. The Kier molecular flexibility index (Phi) is 6.26. The monoisotopic (exact) mass is 297 g/mol. The molecule has 0 fully saturated rings. The Balaban J connectivity index is 2.83. The van der Waals surface area contributed by atoms with E-state index in [0.29, 0.717) is 13.0 Å². The van der Waals surface area contributed by atoms with E-state index in [1.54, 1.807) is 25.4 Å². The quantitative estimate of drug-likeness (QED) is 0.471. The summed E-state index contributed by atoms with van der Waals surface area (Å²) in [6.45, 7) is 5.83. The van der Waals surface area contributed by atoms with Crippen LogP contribution < -0.4 is 0 Å². The number of aliphatic imine (C=N–C) groups is 1. The molecule has 0 spiro atoms. The van der Waals surface area contributed by atoms with Gasteiger partial charge in [0, 0.05) is 6.92 Å². The molecule has 1 aliphatic heterocycles. The summed E-state index contributed by atoms with van der Waals surface area (Å²) >= 11 is 0. The van der Waals surface area contributed by atoms with Crippen LogP contribution in [0.4, 0.5) is 0 Å². The van der Waals surface area contributed by atoms with Gasteiger partial charge in [0.2, 0.25) is 5.84 Å². The highest BCUT2D eigenvalue weighted by atomic mass is 16.5. The van der Waals surface area contributed by atoms with Gasteiger partial charge in [-0.25, -0.2) is 9.48 Å². The van der Waals surface area contributed by atoms with Gasteiger partial charge in [0.05, 0.1) is 32.1 Å². The van der Waals surface area contributed by atoms with Crippen LogP contribution >= 0.6 is 0 Å². The second-order valence-electron chi connectivity index (χ2n) is 4.75. The van der Waals surface area contributed by atoms with Gasteiger partial charge < -0.3 is 14.9 Å². The van der Waals surface area contributed by atoms with Crippen LogP contribution in [0.1, 0.15) is 26.2 Å². The summed E-state index contributed by atoms with van der Waals surface area (Å²) in [7, 11) is 0. The van der Waals surface area contributed by atoms with Gasteiger partial charge >= 0.3 is 11.9 Å². The summed E-state index contributed by atoms with van der Waals surface area (Å²) in [6.07, 6.45) is 5.07. The Morgan fingerprint density at radius 2 is 2.10 bits per heavy atom. The number of hydrogen-bond donors (Lipinski definition) is 2. The van der Waals surface area contributed by atoms with E-state index < -0.39 is 18.2 Å². The lowest BCUT2D eigenvalue weighted by molar-refractivity contribution is -0.840. The normalized spacial score (nSPS) is 21.9. The van der Waals surface area contributed by atoms with Crippen molar-refractivity contribution >= 4 is 17.8 Å². The third-order valence-electron chi connectivity index (χ3n) is 3.38. The molecule has 1 rings (SSSR count). The molecule has 0 saturated heterocycles. The molecule has 2 unspecified atom stereocenters. The number of hydrogen-bond acceptors (Lipinski definition) is 4. The molecule has 0 aromatic carbocycles. The highest BCUT2D eigenvalue weighted by Gasteiger charge is 2.41. The molecule has 2 N–H and O–H groups in total. The van der Waals surface area contributed by atoms with Crippen molar-refractivity contribution in [2.45, 2.75) is 32.4 Å². The SMILES string of the molecule is C=CCC1=NC=C[N+]1(CCC(=O)O)C(C)OCCC(=O)O.